The van der Waals surface area contributed by atoms with Crippen LogP contribution in [0.3, 0.4) is 0 Å². The number of aryl methyl sites for hydroxylation is 2. The van der Waals surface area contributed by atoms with Gasteiger partial charge in [0.1, 0.15) is 10.8 Å². The Labute approximate surface area is 227 Å². The lowest BCUT2D eigenvalue weighted by Crippen LogP contribution is -2.46. The fraction of sp³-hybridized carbons (Fsp3) is 0.433. The molecule has 0 atom stereocenters. The second-order valence-electron chi connectivity index (χ2n) is 11.2. The summed E-state index contributed by atoms with van der Waals surface area (Å²) in [6.07, 6.45) is 4.39. The summed E-state index contributed by atoms with van der Waals surface area (Å²) in [5.41, 5.74) is 3.83. The Morgan fingerprint density at radius 2 is 1.71 bits per heavy atom. The first-order valence-corrected chi connectivity index (χ1v) is 14.1. The zero-order valence-electron chi connectivity index (χ0n) is 22.6. The lowest BCUT2D eigenvalue weighted by atomic mass is 9.87. The van der Waals surface area contributed by atoms with Crippen LogP contribution in [-0.2, 0) is 41.7 Å². The van der Waals surface area contributed by atoms with Crippen molar-refractivity contribution in [3.63, 3.8) is 0 Å². The molecule has 2 aromatic carbocycles. The summed E-state index contributed by atoms with van der Waals surface area (Å²) in [7, 11) is 0. The maximum absolute atomic E-state index is 13.0. The van der Waals surface area contributed by atoms with Gasteiger partial charge < -0.3 is 9.84 Å². The number of aromatic nitrogens is 4. The first kappa shape index (κ1) is 26.5. The van der Waals surface area contributed by atoms with Crippen molar-refractivity contribution in [1.29, 1.82) is 0 Å². The summed E-state index contributed by atoms with van der Waals surface area (Å²) >= 11 is 1.52. The molecule has 0 amide bonds. The lowest BCUT2D eigenvalue weighted by molar-refractivity contribution is -0.184. The van der Waals surface area contributed by atoms with Gasteiger partial charge in [0.15, 0.2) is 5.60 Å². The predicted octanol–water partition coefficient (Wildman–Crippen LogP) is 4.93. The van der Waals surface area contributed by atoms with Gasteiger partial charge in [0.05, 0.1) is 24.6 Å². The number of nitrogens with zero attached hydrogens (tertiary/aromatic N) is 4. The summed E-state index contributed by atoms with van der Waals surface area (Å²) in [5, 5.41) is 15.9. The molecule has 5 rings (SSSR count). The smallest absolute Gasteiger partial charge is 0.346 e. The highest BCUT2D eigenvalue weighted by Gasteiger charge is 2.40. The van der Waals surface area contributed by atoms with Gasteiger partial charge >= 0.3 is 5.69 Å². The molecule has 0 saturated carbocycles. The van der Waals surface area contributed by atoms with Crippen LogP contribution < -0.4 is 5.69 Å². The molecule has 3 heterocycles. The minimum absolute atomic E-state index is 0.0474. The normalized spacial score (nSPS) is 15.0. The average molecular weight is 533 g/mol. The molecule has 0 unspecified atom stereocenters. The zero-order valence-corrected chi connectivity index (χ0v) is 23.4. The van der Waals surface area contributed by atoms with Crippen LogP contribution in [0.1, 0.15) is 61.6 Å². The Balaban J connectivity index is 1.20. The molecule has 200 valence electrons. The van der Waals surface area contributed by atoms with Crippen LogP contribution in [0, 0.1) is 0 Å². The van der Waals surface area contributed by atoms with Crippen LogP contribution >= 0.6 is 11.3 Å². The number of aliphatic hydroxyl groups is 1. The number of rotatable bonds is 9. The Morgan fingerprint density at radius 1 is 1.03 bits per heavy atom. The second kappa shape index (κ2) is 10.6. The Bertz CT molecular complexity index is 1440. The summed E-state index contributed by atoms with van der Waals surface area (Å²) < 4.78 is 8.53. The molecular formula is C30H36N4O3S. The Kier molecular flexibility index (Phi) is 7.40. The van der Waals surface area contributed by atoms with Gasteiger partial charge in [0.25, 0.3) is 0 Å². The maximum Gasteiger partial charge on any atom is 0.346 e. The van der Waals surface area contributed by atoms with Gasteiger partial charge in [-0.2, -0.15) is 5.10 Å². The monoisotopic (exact) mass is 532 g/mol. The third kappa shape index (κ3) is 5.53. The molecule has 0 bridgehead atoms. The van der Waals surface area contributed by atoms with Crippen LogP contribution in [0.25, 0.3) is 10.4 Å². The van der Waals surface area contributed by atoms with E-state index >= 15 is 0 Å². The van der Waals surface area contributed by atoms with Gasteiger partial charge in [0.2, 0.25) is 0 Å². The SMILES string of the molecule is CCn1c(CCCc2ccc(-c3cnc(C4(O)COC4)s3)cc2)nn(Cc2ccc(C(C)(C)C)cc2)c1=O. The van der Waals surface area contributed by atoms with Crippen LogP contribution in [0.2, 0.25) is 0 Å². The van der Waals surface area contributed by atoms with Crippen molar-refractivity contribution in [1.82, 2.24) is 19.3 Å². The number of ether oxygens (including phenoxy) is 1. The average Bonchev–Trinajstić information content (AvgIpc) is 3.48. The van der Waals surface area contributed by atoms with Crippen LogP contribution in [0.5, 0.6) is 0 Å². The third-order valence-electron chi connectivity index (χ3n) is 7.16. The van der Waals surface area contributed by atoms with Crippen molar-refractivity contribution in [2.45, 2.75) is 71.1 Å². The molecule has 0 aliphatic carbocycles. The third-order valence-corrected chi connectivity index (χ3v) is 8.40. The summed E-state index contributed by atoms with van der Waals surface area (Å²) in [5.74, 6) is 0.843. The molecule has 0 radical (unpaired) electrons. The quantitative estimate of drug-likeness (QED) is 0.331. The minimum Gasteiger partial charge on any atom is -0.378 e. The number of hydrogen-bond acceptors (Lipinski definition) is 6. The fourth-order valence-electron chi connectivity index (χ4n) is 4.70. The maximum atomic E-state index is 13.0. The molecule has 2 aromatic heterocycles. The molecule has 7 nitrogen and oxygen atoms in total. The van der Waals surface area contributed by atoms with E-state index in [1.807, 2.05) is 13.1 Å². The number of benzene rings is 2. The van der Waals surface area contributed by atoms with Crippen LogP contribution in [0.15, 0.2) is 59.5 Å². The van der Waals surface area contributed by atoms with Gasteiger partial charge in [-0.05, 0) is 47.4 Å². The Hall–Kier alpha value is -3.07. The largest absolute Gasteiger partial charge is 0.378 e. The highest BCUT2D eigenvalue weighted by atomic mass is 32.1. The molecule has 4 aromatic rings. The van der Waals surface area contributed by atoms with E-state index in [0.29, 0.717) is 31.3 Å². The van der Waals surface area contributed by atoms with Gasteiger partial charge in [0, 0.05) is 19.2 Å². The Morgan fingerprint density at radius 3 is 2.32 bits per heavy atom. The van der Waals surface area contributed by atoms with Gasteiger partial charge in [-0.3, -0.25) is 4.57 Å². The minimum atomic E-state index is -0.925. The van der Waals surface area contributed by atoms with Crippen molar-refractivity contribution in [3.05, 3.63) is 92.7 Å². The van der Waals surface area contributed by atoms with Crippen LogP contribution in [-0.4, -0.2) is 37.7 Å². The molecule has 0 spiro atoms. The van der Waals surface area contributed by atoms with E-state index in [2.05, 4.69) is 74.3 Å². The van der Waals surface area contributed by atoms with E-state index in [4.69, 9.17) is 9.84 Å². The molecule has 1 saturated heterocycles. The number of thiazole rings is 1. The van der Waals surface area contributed by atoms with E-state index in [0.717, 1.165) is 41.1 Å². The van der Waals surface area contributed by atoms with Crippen molar-refractivity contribution in [2.75, 3.05) is 13.2 Å². The van der Waals surface area contributed by atoms with Crippen LogP contribution in [0.4, 0.5) is 0 Å². The fourth-order valence-corrected chi connectivity index (χ4v) is 5.68. The van der Waals surface area contributed by atoms with Gasteiger partial charge in [-0.1, -0.05) is 69.3 Å². The molecular weight excluding hydrogens is 496 g/mol. The highest BCUT2D eigenvalue weighted by molar-refractivity contribution is 7.15. The van der Waals surface area contributed by atoms with E-state index in [9.17, 15) is 9.90 Å². The summed E-state index contributed by atoms with van der Waals surface area (Å²) in [6, 6.07) is 17.0. The van der Waals surface area contributed by atoms with Gasteiger partial charge in [-0.15, -0.1) is 11.3 Å². The predicted molar refractivity (Wildman–Crippen MR) is 151 cm³/mol. The standard InChI is InChI=1S/C30H36N4O3S/c1-5-33-26(32-34(28(33)35)18-22-11-15-24(16-12-22)29(2,3)4)8-6-7-21-9-13-23(14-10-21)25-17-31-27(38-25)30(36)19-37-20-30/h9-17,36H,5-8,18-20H2,1-4H3. The number of hydrogen-bond donors (Lipinski definition) is 1. The van der Waals surface area contributed by atoms with Crippen molar-refractivity contribution in [2.24, 2.45) is 0 Å². The molecule has 1 aliphatic rings. The zero-order chi connectivity index (χ0) is 26.9. The first-order valence-electron chi connectivity index (χ1n) is 13.3. The van der Waals surface area contributed by atoms with E-state index in [1.165, 1.54) is 22.5 Å². The lowest BCUT2D eigenvalue weighted by Gasteiger charge is -2.34. The summed E-state index contributed by atoms with van der Waals surface area (Å²) in [4.78, 5) is 18.4. The molecule has 1 aliphatic heterocycles. The molecule has 1 N–H and O–H groups in total. The van der Waals surface area contributed by atoms with Crippen molar-refractivity contribution in [3.8, 4) is 10.4 Å². The van der Waals surface area contributed by atoms with Crippen molar-refractivity contribution >= 4 is 11.3 Å². The first-order chi connectivity index (χ1) is 18.2. The second-order valence-corrected chi connectivity index (χ2v) is 12.2. The molecule has 38 heavy (non-hydrogen) atoms. The molecule has 8 heteroatoms. The van der Waals surface area contributed by atoms with E-state index < -0.39 is 5.60 Å². The topological polar surface area (TPSA) is 82.2 Å². The molecule has 1 fully saturated rings. The van der Waals surface area contributed by atoms with Gasteiger partial charge in [-0.25, -0.2) is 14.5 Å². The summed E-state index contributed by atoms with van der Waals surface area (Å²) in [6.45, 7) is 10.3. The highest BCUT2D eigenvalue weighted by Crippen LogP contribution is 2.36. The van der Waals surface area contributed by atoms with E-state index in [1.54, 1.807) is 9.25 Å². The van der Waals surface area contributed by atoms with E-state index in [-0.39, 0.29) is 11.1 Å². The van der Waals surface area contributed by atoms with Crippen molar-refractivity contribution < 1.29 is 9.84 Å².